The van der Waals surface area contributed by atoms with Crippen molar-refractivity contribution in [2.24, 2.45) is 5.92 Å². The van der Waals surface area contributed by atoms with Crippen molar-refractivity contribution in [1.29, 1.82) is 0 Å². The van der Waals surface area contributed by atoms with Crippen molar-refractivity contribution >= 4 is 28.3 Å². The van der Waals surface area contributed by atoms with Gasteiger partial charge in [0, 0.05) is 17.2 Å². The average molecular weight is 443 g/mol. The number of aromatic nitrogens is 1. The van der Waals surface area contributed by atoms with Crippen LogP contribution in [0, 0.1) is 12.8 Å². The highest BCUT2D eigenvalue weighted by Gasteiger charge is 2.25. The van der Waals surface area contributed by atoms with E-state index in [9.17, 15) is 9.59 Å². The zero-order valence-corrected chi connectivity index (χ0v) is 18.8. The Kier molecular flexibility index (Phi) is 6.90. The molecule has 2 aliphatic rings. The number of aryl methyl sites for hydroxylation is 2. The van der Waals surface area contributed by atoms with Gasteiger partial charge in [0.25, 0.3) is 0 Å². The van der Waals surface area contributed by atoms with E-state index in [0.29, 0.717) is 18.2 Å². The van der Waals surface area contributed by atoms with Crippen LogP contribution in [0.5, 0.6) is 5.75 Å². The second kappa shape index (κ2) is 9.81. The van der Waals surface area contributed by atoms with Gasteiger partial charge in [-0.3, -0.25) is 9.59 Å². The van der Waals surface area contributed by atoms with Crippen LogP contribution in [0.25, 0.3) is 0 Å². The van der Waals surface area contributed by atoms with Crippen LogP contribution >= 0.6 is 11.3 Å². The Hall–Kier alpha value is -2.41. The predicted octanol–water partition coefficient (Wildman–Crippen LogP) is 5.10. The summed E-state index contributed by atoms with van der Waals surface area (Å²) in [5.74, 6) is 0.413. The molecule has 1 heterocycles. The number of carbonyl (C=O) groups is 2. The number of hydrogen-bond acceptors (Lipinski definition) is 5. The number of anilines is 1. The van der Waals surface area contributed by atoms with Crippen LogP contribution in [0.4, 0.5) is 5.13 Å². The number of amides is 1. The van der Waals surface area contributed by atoms with Crippen molar-refractivity contribution in [3.63, 3.8) is 0 Å². The zero-order valence-electron chi connectivity index (χ0n) is 18.0. The minimum atomic E-state index is -0.744. The second-order valence-electron chi connectivity index (χ2n) is 8.64. The van der Waals surface area contributed by atoms with Gasteiger partial charge in [0.05, 0.1) is 18.7 Å². The molecule has 1 fully saturated rings. The number of nitrogens with zero attached hydrogens (tertiary/aromatic N) is 1. The number of ether oxygens (including phenoxy) is 1. The lowest BCUT2D eigenvalue weighted by Gasteiger charge is -2.19. The van der Waals surface area contributed by atoms with E-state index >= 15 is 0 Å². The Labute approximate surface area is 187 Å². The molecular formula is C24H30N2O4S. The standard InChI is InChI=1S/C24H30N2O4S/c1-15-21(25-24(31-15)26-23(29)16-5-3-2-4-6-16)11-12-30-19-9-10-20-17(13-19)7-8-18(20)14-22(27)28/h9-10,13,16,18H,2-8,11-12,14H2,1H3,(H,27,28)(H,25,26,29)/t18-/m0/s1. The van der Waals surface area contributed by atoms with Crippen molar-refractivity contribution in [3.8, 4) is 5.75 Å². The van der Waals surface area contributed by atoms with Crippen molar-refractivity contribution in [2.45, 2.75) is 70.6 Å². The highest BCUT2D eigenvalue weighted by atomic mass is 32.1. The molecule has 0 aliphatic heterocycles. The summed E-state index contributed by atoms with van der Waals surface area (Å²) in [7, 11) is 0. The monoisotopic (exact) mass is 442 g/mol. The van der Waals surface area contributed by atoms with Crippen LogP contribution in [-0.2, 0) is 22.4 Å². The van der Waals surface area contributed by atoms with Gasteiger partial charge in [-0.1, -0.05) is 25.3 Å². The van der Waals surface area contributed by atoms with E-state index in [1.807, 2.05) is 25.1 Å². The molecule has 1 saturated carbocycles. The van der Waals surface area contributed by atoms with Gasteiger partial charge >= 0.3 is 5.97 Å². The summed E-state index contributed by atoms with van der Waals surface area (Å²) in [6.07, 6.45) is 8.14. The third kappa shape index (κ3) is 5.45. The summed E-state index contributed by atoms with van der Waals surface area (Å²) < 4.78 is 5.95. The Balaban J connectivity index is 1.29. The summed E-state index contributed by atoms with van der Waals surface area (Å²) >= 11 is 1.53. The number of thiazole rings is 1. The van der Waals surface area contributed by atoms with Gasteiger partial charge in [0.2, 0.25) is 5.91 Å². The summed E-state index contributed by atoms with van der Waals surface area (Å²) in [4.78, 5) is 29.2. The number of nitrogens with one attached hydrogen (secondary N) is 1. The highest BCUT2D eigenvalue weighted by Crippen LogP contribution is 2.37. The van der Waals surface area contributed by atoms with Crippen molar-refractivity contribution in [1.82, 2.24) is 4.98 Å². The lowest BCUT2D eigenvalue weighted by atomic mass is 9.89. The van der Waals surface area contributed by atoms with Gasteiger partial charge in [-0.05, 0) is 61.8 Å². The third-order valence-electron chi connectivity index (χ3n) is 6.44. The lowest BCUT2D eigenvalue weighted by Crippen LogP contribution is -2.24. The molecule has 0 saturated heterocycles. The number of rotatable bonds is 8. The van der Waals surface area contributed by atoms with Gasteiger partial charge in [-0.15, -0.1) is 11.3 Å². The minimum absolute atomic E-state index is 0.107. The van der Waals surface area contributed by atoms with Crippen molar-refractivity contribution < 1.29 is 19.4 Å². The van der Waals surface area contributed by atoms with E-state index in [4.69, 9.17) is 9.84 Å². The molecule has 7 heteroatoms. The molecule has 31 heavy (non-hydrogen) atoms. The van der Waals surface area contributed by atoms with Crippen LogP contribution in [0.2, 0.25) is 0 Å². The van der Waals surface area contributed by atoms with Crippen molar-refractivity contribution in [2.75, 3.05) is 11.9 Å². The van der Waals surface area contributed by atoms with Crippen LogP contribution in [0.3, 0.4) is 0 Å². The maximum absolute atomic E-state index is 12.5. The number of carboxylic acids is 1. The molecule has 0 spiro atoms. The fourth-order valence-electron chi connectivity index (χ4n) is 4.75. The number of benzene rings is 1. The van der Waals surface area contributed by atoms with Crippen molar-refractivity contribution in [3.05, 3.63) is 39.9 Å². The quantitative estimate of drug-likeness (QED) is 0.594. The normalized spacial score (nSPS) is 18.5. The smallest absolute Gasteiger partial charge is 0.303 e. The summed E-state index contributed by atoms with van der Waals surface area (Å²) in [5, 5.41) is 12.8. The van der Waals surface area contributed by atoms with Crippen LogP contribution < -0.4 is 10.1 Å². The largest absolute Gasteiger partial charge is 0.493 e. The molecule has 2 aliphatic carbocycles. The molecule has 0 bridgehead atoms. The SMILES string of the molecule is Cc1sc(NC(=O)C2CCCCC2)nc1CCOc1ccc2c(c1)CC[C@H]2CC(=O)O. The third-order valence-corrected chi connectivity index (χ3v) is 7.37. The number of fused-ring (bicyclic) bond motifs is 1. The van der Waals surface area contributed by atoms with E-state index in [2.05, 4.69) is 10.3 Å². The first-order valence-electron chi connectivity index (χ1n) is 11.2. The van der Waals surface area contributed by atoms with Gasteiger partial charge in [-0.25, -0.2) is 4.98 Å². The maximum atomic E-state index is 12.5. The molecule has 0 radical (unpaired) electrons. The fraction of sp³-hybridized carbons (Fsp3) is 0.542. The van der Waals surface area contributed by atoms with E-state index in [0.717, 1.165) is 60.4 Å². The minimum Gasteiger partial charge on any atom is -0.493 e. The van der Waals surface area contributed by atoms with Crippen LogP contribution in [-0.4, -0.2) is 28.6 Å². The lowest BCUT2D eigenvalue weighted by molar-refractivity contribution is -0.137. The maximum Gasteiger partial charge on any atom is 0.303 e. The molecule has 2 aromatic rings. The van der Waals surface area contributed by atoms with Gasteiger partial charge in [-0.2, -0.15) is 0 Å². The molecule has 1 aromatic heterocycles. The highest BCUT2D eigenvalue weighted by molar-refractivity contribution is 7.15. The van der Waals surface area contributed by atoms with E-state index in [1.54, 1.807) is 0 Å². The predicted molar refractivity (Wildman–Crippen MR) is 121 cm³/mol. The number of carboxylic acid groups (broad SMARTS) is 1. The van der Waals surface area contributed by atoms with Gasteiger partial charge in [0.1, 0.15) is 5.75 Å². The molecule has 0 unspecified atom stereocenters. The van der Waals surface area contributed by atoms with E-state index < -0.39 is 5.97 Å². The summed E-state index contributed by atoms with van der Waals surface area (Å²) in [6.45, 7) is 2.54. The number of carbonyl (C=O) groups excluding carboxylic acids is 1. The van der Waals surface area contributed by atoms with E-state index in [-0.39, 0.29) is 24.2 Å². The molecule has 1 aromatic carbocycles. The molecule has 4 rings (SSSR count). The fourth-order valence-corrected chi connectivity index (χ4v) is 5.61. The second-order valence-corrected chi connectivity index (χ2v) is 9.84. The Morgan fingerprint density at radius 2 is 2.03 bits per heavy atom. The van der Waals surface area contributed by atoms with Crippen LogP contribution in [0.1, 0.15) is 72.6 Å². The number of aliphatic carboxylic acids is 1. The topological polar surface area (TPSA) is 88.5 Å². The van der Waals surface area contributed by atoms with Gasteiger partial charge in [0.15, 0.2) is 5.13 Å². The molecule has 2 N–H and O–H groups in total. The zero-order chi connectivity index (χ0) is 21.8. The first-order valence-corrected chi connectivity index (χ1v) is 12.1. The first kappa shape index (κ1) is 21.8. The molecular weight excluding hydrogens is 412 g/mol. The molecule has 1 atom stereocenters. The molecule has 1 amide bonds. The van der Waals surface area contributed by atoms with E-state index in [1.165, 1.54) is 23.3 Å². The van der Waals surface area contributed by atoms with Gasteiger partial charge < -0.3 is 15.2 Å². The van der Waals surface area contributed by atoms with Crippen LogP contribution in [0.15, 0.2) is 18.2 Å². The molecule has 6 nitrogen and oxygen atoms in total. The summed E-state index contributed by atoms with van der Waals surface area (Å²) in [5.41, 5.74) is 3.30. The molecule has 166 valence electrons. The number of hydrogen-bond donors (Lipinski definition) is 2. The summed E-state index contributed by atoms with van der Waals surface area (Å²) in [6, 6.07) is 5.99. The first-order chi connectivity index (χ1) is 15.0. The average Bonchev–Trinajstić information content (AvgIpc) is 3.31. The Bertz CT molecular complexity index is 949. The Morgan fingerprint density at radius 1 is 1.23 bits per heavy atom. The Morgan fingerprint density at radius 3 is 2.81 bits per heavy atom.